The summed E-state index contributed by atoms with van der Waals surface area (Å²) in [5, 5.41) is 16.4. The molecule has 0 aliphatic carbocycles. The Morgan fingerprint density at radius 3 is 3.04 bits per heavy atom. The van der Waals surface area contributed by atoms with Gasteiger partial charge in [0.25, 0.3) is 0 Å². The van der Waals surface area contributed by atoms with Gasteiger partial charge in [-0.05, 0) is 25.5 Å². The highest BCUT2D eigenvalue weighted by Gasteiger charge is 2.18. The van der Waals surface area contributed by atoms with Crippen molar-refractivity contribution in [2.75, 3.05) is 12.4 Å². The molecule has 0 bridgehead atoms. The number of benzene rings is 1. The molecular weight excluding hydrogens is 358 g/mol. The highest BCUT2D eigenvalue weighted by Crippen LogP contribution is 2.37. The predicted octanol–water partition coefficient (Wildman–Crippen LogP) is 4.48. The molecule has 0 fully saturated rings. The number of nitrogens with one attached hydrogen (secondary N) is 1. The maximum atomic E-state index is 5.32. The van der Waals surface area contributed by atoms with Crippen LogP contribution in [0.3, 0.4) is 0 Å². The third-order valence-corrected chi connectivity index (χ3v) is 5.32. The van der Waals surface area contributed by atoms with Crippen molar-refractivity contribution in [1.29, 1.82) is 0 Å². The van der Waals surface area contributed by atoms with E-state index in [0.29, 0.717) is 5.89 Å². The second-order valence-corrected chi connectivity index (χ2v) is 7.85. The van der Waals surface area contributed by atoms with Crippen molar-refractivity contribution in [2.24, 2.45) is 0 Å². The average Bonchev–Trinajstić information content (AvgIpc) is 3.25. The minimum atomic E-state index is 0.0238. The second kappa shape index (κ2) is 8.30. The van der Waals surface area contributed by atoms with Gasteiger partial charge in [0.2, 0.25) is 11.0 Å². The average molecular weight is 377 g/mol. The topological polar surface area (TPSA) is 86.0 Å². The molecular formula is C16H19N5O2S2. The number of ether oxygens (including phenoxy) is 1. The number of rotatable bonds is 8. The van der Waals surface area contributed by atoms with Gasteiger partial charge in [-0.2, -0.15) is 4.98 Å². The summed E-state index contributed by atoms with van der Waals surface area (Å²) >= 11 is 3.03. The summed E-state index contributed by atoms with van der Waals surface area (Å²) < 4.78 is 11.4. The number of aromatic nitrogens is 4. The van der Waals surface area contributed by atoms with Gasteiger partial charge in [0.15, 0.2) is 10.2 Å². The molecule has 0 saturated carbocycles. The predicted molar refractivity (Wildman–Crippen MR) is 98.8 cm³/mol. The molecule has 0 aliphatic rings. The lowest BCUT2D eigenvalue weighted by Crippen LogP contribution is -1.90. The van der Waals surface area contributed by atoms with Gasteiger partial charge in [-0.3, -0.25) is 0 Å². The number of thioether (sulfide) groups is 1. The Morgan fingerprint density at radius 2 is 2.24 bits per heavy atom. The Kier molecular flexibility index (Phi) is 5.87. The largest absolute Gasteiger partial charge is 0.497 e. The molecule has 1 aromatic carbocycles. The molecule has 0 radical (unpaired) electrons. The molecule has 9 heteroatoms. The standard InChI is InChI=1S/C16H19N5O2S2/c1-4-6-13-18-14(23-21-13)10(2)24-16-20-19-15(25-16)17-11-7-5-8-12(9-11)22-3/h5,7-10H,4,6H2,1-3H3,(H,17,19). The van der Waals surface area contributed by atoms with Crippen LogP contribution >= 0.6 is 23.1 Å². The minimum absolute atomic E-state index is 0.0238. The summed E-state index contributed by atoms with van der Waals surface area (Å²) in [6, 6.07) is 7.67. The van der Waals surface area contributed by atoms with E-state index in [1.165, 1.54) is 11.3 Å². The van der Waals surface area contributed by atoms with Crippen LogP contribution in [0.5, 0.6) is 5.75 Å². The molecule has 0 spiro atoms. The van der Waals surface area contributed by atoms with E-state index in [1.807, 2.05) is 31.2 Å². The number of hydrogen-bond acceptors (Lipinski definition) is 9. The van der Waals surface area contributed by atoms with Crippen molar-refractivity contribution in [3.8, 4) is 5.75 Å². The van der Waals surface area contributed by atoms with Crippen LogP contribution in [0.2, 0.25) is 0 Å². The van der Waals surface area contributed by atoms with Gasteiger partial charge in [-0.1, -0.05) is 41.2 Å². The quantitative estimate of drug-likeness (QED) is 0.575. The summed E-state index contributed by atoms with van der Waals surface area (Å²) in [6.45, 7) is 4.11. The van der Waals surface area contributed by atoms with Gasteiger partial charge in [0.1, 0.15) is 5.75 Å². The van der Waals surface area contributed by atoms with Gasteiger partial charge in [-0.25, -0.2) is 0 Å². The van der Waals surface area contributed by atoms with Crippen LogP contribution in [-0.4, -0.2) is 27.4 Å². The molecule has 25 heavy (non-hydrogen) atoms. The summed E-state index contributed by atoms with van der Waals surface area (Å²) in [6.07, 6.45) is 1.82. The van der Waals surface area contributed by atoms with E-state index < -0.39 is 0 Å². The second-order valence-electron chi connectivity index (χ2n) is 5.29. The van der Waals surface area contributed by atoms with Crippen LogP contribution in [0.1, 0.15) is 37.2 Å². The Balaban J connectivity index is 1.62. The van der Waals surface area contributed by atoms with Crippen LogP contribution in [0, 0.1) is 0 Å². The van der Waals surface area contributed by atoms with E-state index in [9.17, 15) is 0 Å². The smallest absolute Gasteiger partial charge is 0.239 e. The third kappa shape index (κ3) is 4.70. The maximum absolute atomic E-state index is 5.32. The molecule has 2 heterocycles. The van der Waals surface area contributed by atoms with E-state index in [-0.39, 0.29) is 5.25 Å². The molecule has 7 nitrogen and oxygen atoms in total. The van der Waals surface area contributed by atoms with Crippen LogP contribution in [-0.2, 0) is 6.42 Å². The SMILES string of the molecule is CCCc1noc(C(C)Sc2nnc(Nc3cccc(OC)c3)s2)n1. The number of hydrogen-bond donors (Lipinski definition) is 1. The molecule has 3 aromatic rings. The zero-order valence-corrected chi connectivity index (χ0v) is 15.9. The lowest BCUT2D eigenvalue weighted by molar-refractivity contribution is 0.374. The van der Waals surface area contributed by atoms with Crippen LogP contribution < -0.4 is 10.1 Å². The molecule has 132 valence electrons. The van der Waals surface area contributed by atoms with E-state index >= 15 is 0 Å². The monoisotopic (exact) mass is 377 g/mol. The summed E-state index contributed by atoms with van der Waals surface area (Å²) in [4.78, 5) is 4.42. The van der Waals surface area contributed by atoms with Crippen molar-refractivity contribution >= 4 is 33.9 Å². The number of anilines is 2. The molecule has 1 unspecified atom stereocenters. The van der Waals surface area contributed by atoms with Crippen molar-refractivity contribution in [2.45, 2.75) is 36.3 Å². The fourth-order valence-electron chi connectivity index (χ4n) is 2.09. The number of aryl methyl sites for hydroxylation is 1. The van der Waals surface area contributed by atoms with E-state index in [0.717, 1.165) is 39.6 Å². The van der Waals surface area contributed by atoms with Crippen LogP contribution in [0.4, 0.5) is 10.8 Å². The summed E-state index contributed by atoms with van der Waals surface area (Å²) in [7, 11) is 1.64. The molecule has 0 aliphatic heterocycles. The van der Waals surface area contributed by atoms with Gasteiger partial charge >= 0.3 is 0 Å². The lowest BCUT2D eigenvalue weighted by atomic mass is 10.3. The molecule has 1 N–H and O–H groups in total. The van der Waals surface area contributed by atoms with Gasteiger partial charge in [0, 0.05) is 18.2 Å². The van der Waals surface area contributed by atoms with Gasteiger partial charge < -0.3 is 14.6 Å². The first-order valence-electron chi connectivity index (χ1n) is 7.91. The third-order valence-electron chi connectivity index (χ3n) is 3.31. The number of nitrogens with zero attached hydrogens (tertiary/aromatic N) is 4. The van der Waals surface area contributed by atoms with Crippen molar-refractivity contribution in [3.05, 3.63) is 36.0 Å². The molecule has 1 atom stereocenters. The Hall–Kier alpha value is -2.13. The first-order valence-corrected chi connectivity index (χ1v) is 9.61. The zero-order chi connectivity index (χ0) is 17.6. The molecule has 0 saturated heterocycles. The summed E-state index contributed by atoms with van der Waals surface area (Å²) in [5.74, 6) is 2.16. The Labute approximate surface area is 154 Å². The first kappa shape index (κ1) is 17.7. The van der Waals surface area contributed by atoms with E-state index in [1.54, 1.807) is 18.9 Å². The molecule has 2 aromatic heterocycles. The van der Waals surface area contributed by atoms with Crippen LogP contribution in [0.25, 0.3) is 0 Å². The maximum Gasteiger partial charge on any atom is 0.239 e. The zero-order valence-electron chi connectivity index (χ0n) is 14.2. The van der Waals surface area contributed by atoms with Crippen LogP contribution in [0.15, 0.2) is 33.1 Å². The highest BCUT2D eigenvalue weighted by atomic mass is 32.2. The van der Waals surface area contributed by atoms with E-state index in [2.05, 4.69) is 32.6 Å². The first-order chi connectivity index (χ1) is 12.2. The highest BCUT2D eigenvalue weighted by molar-refractivity contribution is 8.01. The fourth-order valence-corrected chi connectivity index (χ4v) is 4.04. The van der Waals surface area contributed by atoms with Crippen molar-refractivity contribution in [3.63, 3.8) is 0 Å². The normalized spacial score (nSPS) is 12.1. The Bertz CT molecular complexity index is 820. The van der Waals surface area contributed by atoms with Crippen molar-refractivity contribution < 1.29 is 9.26 Å². The fraction of sp³-hybridized carbons (Fsp3) is 0.375. The lowest BCUT2D eigenvalue weighted by Gasteiger charge is -2.04. The minimum Gasteiger partial charge on any atom is -0.497 e. The van der Waals surface area contributed by atoms with Crippen molar-refractivity contribution in [1.82, 2.24) is 20.3 Å². The molecule has 0 amide bonds. The van der Waals surface area contributed by atoms with E-state index in [4.69, 9.17) is 9.26 Å². The van der Waals surface area contributed by atoms with Gasteiger partial charge in [0.05, 0.1) is 12.4 Å². The van der Waals surface area contributed by atoms with Gasteiger partial charge in [-0.15, -0.1) is 10.2 Å². The molecule has 3 rings (SSSR count). The number of methoxy groups -OCH3 is 1. The Morgan fingerprint density at radius 1 is 1.36 bits per heavy atom. The summed E-state index contributed by atoms with van der Waals surface area (Å²) in [5.41, 5.74) is 0.904.